The molecule has 0 aliphatic heterocycles. The van der Waals surface area contributed by atoms with Crippen molar-refractivity contribution >= 4 is 21.6 Å². The largest absolute Gasteiger partial charge is 0.497 e. The van der Waals surface area contributed by atoms with E-state index in [0.717, 1.165) is 4.68 Å². The Morgan fingerprint density at radius 1 is 1.07 bits per heavy atom. The van der Waals surface area contributed by atoms with Crippen LogP contribution in [0.25, 0.3) is 17.2 Å². The van der Waals surface area contributed by atoms with Crippen LogP contribution in [0.3, 0.4) is 0 Å². The quantitative estimate of drug-likeness (QED) is 0.411. The van der Waals surface area contributed by atoms with E-state index in [1.165, 1.54) is 29.8 Å². The highest BCUT2D eigenvalue weighted by Crippen LogP contribution is 2.32. The van der Waals surface area contributed by atoms with Crippen molar-refractivity contribution in [3.8, 4) is 17.3 Å². The van der Waals surface area contributed by atoms with Crippen LogP contribution in [-0.2, 0) is 12.7 Å². The smallest absolute Gasteiger partial charge is 0.453 e. The number of alkyl halides is 3. The molecule has 0 radical (unpaired) electrons. The van der Waals surface area contributed by atoms with Crippen LogP contribution in [-0.4, -0.2) is 31.3 Å². The molecule has 1 aromatic carbocycles. The first-order valence-electron chi connectivity index (χ1n) is 8.24. The second-order valence-corrected chi connectivity index (χ2v) is 6.84. The lowest BCUT2D eigenvalue weighted by Gasteiger charge is -2.06. The Morgan fingerprint density at radius 3 is 2.45 bits per heavy atom. The number of halogens is 5. The lowest BCUT2D eigenvalue weighted by Crippen LogP contribution is -2.09. The predicted octanol–water partition coefficient (Wildman–Crippen LogP) is 4.57. The van der Waals surface area contributed by atoms with Crippen LogP contribution in [0.1, 0.15) is 11.4 Å². The van der Waals surface area contributed by atoms with Gasteiger partial charge >= 0.3 is 6.18 Å². The molecule has 29 heavy (non-hydrogen) atoms. The van der Waals surface area contributed by atoms with Gasteiger partial charge in [0, 0.05) is 6.20 Å². The Morgan fingerprint density at radius 2 is 1.79 bits per heavy atom. The molecule has 0 saturated carbocycles. The minimum atomic E-state index is -4.72. The van der Waals surface area contributed by atoms with E-state index < -0.39 is 17.8 Å². The van der Waals surface area contributed by atoms with Gasteiger partial charge in [-0.1, -0.05) is 12.1 Å². The van der Waals surface area contributed by atoms with E-state index >= 15 is 0 Å². The molecule has 0 fully saturated rings. The third kappa shape index (κ3) is 3.69. The molecular weight excluding hydrogens is 458 g/mol. The minimum absolute atomic E-state index is 0.0249. The van der Waals surface area contributed by atoms with Gasteiger partial charge < -0.3 is 4.74 Å². The summed E-state index contributed by atoms with van der Waals surface area (Å²) in [5, 5.41) is 3.63. The van der Waals surface area contributed by atoms with Gasteiger partial charge in [-0.25, -0.2) is 19.0 Å². The number of rotatable bonds is 4. The molecule has 0 bridgehead atoms. The molecule has 0 atom stereocenters. The monoisotopic (exact) mass is 469 g/mol. The van der Waals surface area contributed by atoms with Crippen molar-refractivity contribution in [1.82, 2.24) is 24.1 Å². The SMILES string of the molecule is COc1ccc(Cn2nc(C(F)(F)F)nc2-c2nc3ccc(F)cn3c2Br)cc1. The lowest BCUT2D eigenvalue weighted by molar-refractivity contribution is -0.144. The molecule has 0 unspecified atom stereocenters. The van der Waals surface area contributed by atoms with Crippen LogP contribution >= 0.6 is 15.9 Å². The fraction of sp³-hybridized carbons (Fsp3) is 0.167. The van der Waals surface area contributed by atoms with Gasteiger partial charge in [0.05, 0.1) is 13.7 Å². The third-order valence-corrected chi connectivity index (χ3v) is 4.91. The van der Waals surface area contributed by atoms with Gasteiger partial charge in [-0.05, 0) is 45.8 Å². The molecule has 0 N–H and O–H groups in total. The number of aromatic nitrogens is 5. The fourth-order valence-electron chi connectivity index (χ4n) is 2.78. The normalized spacial score (nSPS) is 11.9. The van der Waals surface area contributed by atoms with E-state index in [1.807, 2.05) is 0 Å². The van der Waals surface area contributed by atoms with Crippen molar-refractivity contribution in [2.75, 3.05) is 7.11 Å². The van der Waals surface area contributed by atoms with E-state index in [0.29, 0.717) is 17.0 Å². The van der Waals surface area contributed by atoms with Gasteiger partial charge in [0.25, 0.3) is 5.82 Å². The average Bonchev–Trinajstić information content (AvgIpc) is 3.24. The molecular formula is C18H12BrF4N5O. The number of hydrogen-bond donors (Lipinski definition) is 0. The summed E-state index contributed by atoms with van der Waals surface area (Å²) in [6, 6.07) is 9.44. The van der Waals surface area contributed by atoms with Gasteiger partial charge in [0.2, 0.25) is 0 Å². The maximum Gasteiger partial charge on any atom is 0.453 e. The number of ether oxygens (including phenoxy) is 1. The average molecular weight is 470 g/mol. The van der Waals surface area contributed by atoms with Crippen LogP contribution in [0, 0.1) is 5.82 Å². The Labute approximate surface area is 169 Å². The number of methoxy groups -OCH3 is 1. The third-order valence-electron chi connectivity index (χ3n) is 4.15. The number of imidazole rings is 1. The standard InChI is InChI=1S/C18H12BrF4N5O/c1-29-12-5-2-10(3-6-12)8-28-16(25-17(26-28)18(21,22)23)14-15(19)27-9-11(20)4-7-13(27)24-14/h2-7,9H,8H2,1H3. The van der Waals surface area contributed by atoms with Crippen LogP contribution in [0.5, 0.6) is 5.75 Å². The fourth-order valence-corrected chi connectivity index (χ4v) is 3.33. The zero-order valence-corrected chi connectivity index (χ0v) is 16.4. The van der Waals surface area contributed by atoms with Crippen molar-refractivity contribution in [2.45, 2.75) is 12.7 Å². The van der Waals surface area contributed by atoms with E-state index in [-0.39, 0.29) is 22.7 Å². The predicted molar refractivity (Wildman–Crippen MR) is 99.0 cm³/mol. The maximum atomic E-state index is 13.6. The highest BCUT2D eigenvalue weighted by molar-refractivity contribution is 9.10. The highest BCUT2D eigenvalue weighted by atomic mass is 79.9. The van der Waals surface area contributed by atoms with Crippen molar-refractivity contribution in [3.63, 3.8) is 0 Å². The maximum absolute atomic E-state index is 13.6. The summed E-state index contributed by atoms with van der Waals surface area (Å²) < 4.78 is 61.2. The highest BCUT2D eigenvalue weighted by Gasteiger charge is 2.38. The molecule has 0 spiro atoms. The summed E-state index contributed by atoms with van der Waals surface area (Å²) in [5.41, 5.74) is 1.16. The van der Waals surface area contributed by atoms with E-state index in [4.69, 9.17) is 4.74 Å². The molecule has 0 saturated heterocycles. The Kier molecular flexibility index (Phi) is 4.77. The lowest BCUT2D eigenvalue weighted by atomic mass is 10.2. The summed E-state index contributed by atoms with van der Waals surface area (Å²) in [6.07, 6.45) is -3.55. The van der Waals surface area contributed by atoms with Gasteiger partial charge in [-0.2, -0.15) is 13.2 Å². The van der Waals surface area contributed by atoms with Gasteiger partial charge in [-0.15, -0.1) is 5.10 Å². The molecule has 0 aliphatic rings. The molecule has 0 aliphatic carbocycles. The number of hydrogen-bond acceptors (Lipinski definition) is 4. The molecule has 3 heterocycles. The van der Waals surface area contributed by atoms with E-state index in [2.05, 4.69) is 31.0 Å². The Bertz CT molecular complexity index is 1180. The molecule has 11 heteroatoms. The first-order chi connectivity index (χ1) is 13.8. The van der Waals surface area contributed by atoms with Crippen molar-refractivity contribution in [2.24, 2.45) is 0 Å². The van der Waals surface area contributed by atoms with Gasteiger partial charge in [0.15, 0.2) is 5.82 Å². The zero-order chi connectivity index (χ0) is 20.8. The van der Waals surface area contributed by atoms with E-state index in [1.54, 1.807) is 24.3 Å². The van der Waals surface area contributed by atoms with Crippen LogP contribution in [0.4, 0.5) is 17.6 Å². The molecule has 6 nitrogen and oxygen atoms in total. The number of benzene rings is 1. The number of nitrogens with zero attached hydrogens (tertiary/aromatic N) is 5. The zero-order valence-electron chi connectivity index (χ0n) is 14.8. The summed E-state index contributed by atoms with van der Waals surface area (Å²) >= 11 is 3.28. The second kappa shape index (κ2) is 7.14. The summed E-state index contributed by atoms with van der Waals surface area (Å²) in [4.78, 5) is 7.95. The summed E-state index contributed by atoms with van der Waals surface area (Å²) in [5.74, 6) is -1.27. The summed E-state index contributed by atoms with van der Waals surface area (Å²) in [7, 11) is 1.52. The minimum Gasteiger partial charge on any atom is -0.497 e. The summed E-state index contributed by atoms with van der Waals surface area (Å²) in [6.45, 7) is 0.0249. The molecule has 150 valence electrons. The number of pyridine rings is 1. The first kappa shape index (κ1) is 19.4. The van der Waals surface area contributed by atoms with Crippen LogP contribution in [0.15, 0.2) is 47.2 Å². The Balaban J connectivity index is 1.83. The Hall–Kier alpha value is -2.95. The second-order valence-electron chi connectivity index (χ2n) is 6.09. The van der Waals surface area contributed by atoms with E-state index in [9.17, 15) is 17.6 Å². The van der Waals surface area contributed by atoms with Crippen molar-refractivity contribution in [3.05, 3.63) is 64.4 Å². The topological polar surface area (TPSA) is 57.2 Å². The van der Waals surface area contributed by atoms with Gasteiger partial charge in [-0.3, -0.25) is 4.40 Å². The van der Waals surface area contributed by atoms with Crippen molar-refractivity contribution in [1.29, 1.82) is 0 Å². The molecule has 3 aromatic heterocycles. The molecule has 4 aromatic rings. The van der Waals surface area contributed by atoms with Crippen LogP contribution in [0.2, 0.25) is 0 Å². The number of fused-ring (bicyclic) bond motifs is 1. The molecule has 0 amide bonds. The molecule has 4 rings (SSSR count). The van der Waals surface area contributed by atoms with Crippen LogP contribution < -0.4 is 4.74 Å². The first-order valence-corrected chi connectivity index (χ1v) is 9.04. The van der Waals surface area contributed by atoms with Crippen molar-refractivity contribution < 1.29 is 22.3 Å². The van der Waals surface area contributed by atoms with Gasteiger partial charge in [0.1, 0.15) is 27.5 Å².